The molecule has 0 saturated carbocycles. The molecule has 1 aromatic rings. The number of carbonyl (C=O) groups is 1. The molecule has 0 aliphatic rings. The van der Waals surface area contributed by atoms with Gasteiger partial charge in [-0.25, -0.2) is 4.79 Å². The molecule has 0 fully saturated rings. The number of hydrogen-bond acceptors (Lipinski definition) is 5. The first-order chi connectivity index (χ1) is 6.22. The van der Waals surface area contributed by atoms with Gasteiger partial charge in [0.2, 0.25) is 5.13 Å². The second-order valence-corrected chi connectivity index (χ2v) is 4.73. The standard InChI is InChI=1S/C6H7N3OS3/c1-2-3-7-4(10)8-5-9-6(11)13-12-5/h2H,1,3H2,(H2,7,8,9,10,11). The van der Waals surface area contributed by atoms with E-state index in [1.807, 2.05) is 0 Å². The van der Waals surface area contributed by atoms with Crippen molar-refractivity contribution in [3.05, 3.63) is 16.6 Å². The maximum Gasteiger partial charge on any atom is 0.321 e. The van der Waals surface area contributed by atoms with Gasteiger partial charge in [-0.3, -0.25) is 5.32 Å². The Kier molecular flexibility index (Phi) is 4.00. The molecule has 0 aliphatic carbocycles. The predicted molar refractivity (Wildman–Crippen MR) is 58.0 cm³/mol. The monoisotopic (exact) mass is 233 g/mol. The van der Waals surface area contributed by atoms with E-state index < -0.39 is 0 Å². The van der Waals surface area contributed by atoms with Gasteiger partial charge in [-0.1, -0.05) is 6.08 Å². The minimum atomic E-state index is -0.295. The van der Waals surface area contributed by atoms with E-state index in [4.69, 9.17) is 12.2 Å². The predicted octanol–water partition coefficient (Wildman–Crippen LogP) is 2.24. The second kappa shape index (κ2) is 5.05. The van der Waals surface area contributed by atoms with Gasteiger partial charge in [0.25, 0.3) is 0 Å². The summed E-state index contributed by atoms with van der Waals surface area (Å²) in [6, 6.07) is -0.295. The second-order valence-electron chi connectivity index (χ2n) is 1.97. The van der Waals surface area contributed by atoms with Crippen LogP contribution < -0.4 is 10.6 Å². The van der Waals surface area contributed by atoms with Crippen LogP contribution in [0, 0.1) is 3.95 Å². The van der Waals surface area contributed by atoms with E-state index in [-0.39, 0.29) is 6.03 Å². The highest BCUT2D eigenvalue weighted by atomic mass is 32.9. The van der Waals surface area contributed by atoms with Crippen molar-refractivity contribution < 1.29 is 4.79 Å². The molecule has 0 atom stereocenters. The zero-order valence-electron chi connectivity index (χ0n) is 6.57. The largest absolute Gasteiger partial charge is 0.334 e. The van der Waals surface area contributed by atoms with Gasteiger partial charge in [0, 0.05) is 6.54 Å². The van der Waals surface area contributed by atoms with Crippen molar-refractivity contribution in [3.8, 4) is 0 Å². The summed E-state index contributed by atoms with van der Waals surface area (Å²) in [6.45, 7) is 3.91. The third-order valence-corrected chi connectivity index (χ3v) is 3.54. The molecule has 0 bridgehead atoms. The van der Waals surface area contributed by atoms with Crippen molar-refractivity contribution in [2.24, 2.45) is 0 Å². The number of amides is 2. The fraction of sp³-hybridized carbons (Fsp3) is 0.167. The maximum absolute atomic E-state index is 11.0. The van der Waals surface area contributed by atoms with E-state index in [0.717, 1.165) is 0 Å². The Labute approximate surface area is 87.7 Å². The zero-order valence-corrected chi connectivity index (χ0v) is 9.02. The van der Waals surface area contributed by atoms with E-state index in [9.17, 15) is 4.79 Å². The van der Waals surface area contributed by atoms with Gasteiger partial charge in [0.1, 0.15) is 0 Å². The topological polar surface area (TPSA) is 54.0 Å². The lowest BCUT2D eigenvalue weighted by Gasteiger charge is -2.00. The van der Waals surface area contributed by atoms with Crippen LogP contribution in [0.15, 0.2) is 12.7 Å². The zero-order chi connectivity index (χ0) is 9.68. The van der Waals surface area contributed by atoms with Gasteiger partial charge < -0.3 is 5.32 Å². The Morgan fingerprint density at radius 3 is 3.00 bits per heavy atom. The number of rotatable bonds is 3. The van der Waals surface area contributed by atoms with E-state index >= 15 is 0 Å². The highest BCUT2D eigenvalue weighted by Crippen LogP contribution is 2.18. The van der Waals surface area contributed by atoms with E-state index in [2.05, 4.69) is 22.2 Å². The first-order valence-corrected chi connectivity index (χ1v) is 5.91. The van der Waals surface area contributed by atoms with Crippen LogP contribution in [0.4, 0.5) is 9.93 Å². The molecule has 4 nitrogen and oxygen atoms in total. The molecule has 0 spiro atoms. The fourth-order valence-electron chi connectivity index (χ4n) is 0.550. The van der Waals surface area contributed by atoms with Crippen molar-refractivity contribution in [1.29, 1.82) is 0 Å². The summed E-state index contributed by atoms with van der Waals surface area (Å²) in [5.41, 5.74) is 0. The van der Waals surface area contributed by atoms with Gasteiger partial charge in [-0.15, -0.1) is 6.58 Å². The van der Waals surface area contributed by atoms with Gasteiger partial charge in [-0.2, -0.15) is 4.98 Å². The Morgan fingerprint density at radius 2 is 2.46 bits per heavy atom. The van der Waals surface area contributed by atoms with Crippen molar-refractivity contribution in [3.63, 3.8) is 0 Å². The third-order valence-electron chi connectivity index (χ3n) is 1.01. The lowest BCUT2D eigenvalue weighted by molar-refractivity contribution is 0.253. The molecule has 0 aliphatic heterocycles. The molecule has 2 amide bonds. The molecule has 1 rings (SSSR count). The molecule has 0 unspecified atom stereocenters. The van der Waals surface area contributed by atoms with Crippen molar-refractivity contribution in [2.75, 3.05) is 11.9 Å². The molecule has 70 valence electrons. The number of nitrogens with one attached hydrogen (secondary N) is 2. The van der Waals surface area contributed by atoms with Crippen LogP contribution in [0.3, 0.4) is 0 Å². The van der Waals surface area contributed by atoms with E-state index in [1.165, 1.54) is 20.7 Å². The third kappa shape index (κ3) is 3.62. The molecule has 13 heavy (non-hydrogen) atoms. The smallest absolute Gasteiger partial charge is 0.321 e. The van der Waals surface area contributed by atoms with Crippen molar-refractivity contribution in [2.45, 2.75) is 0 Å². The molecule has 1 heterocycles. The SMILES string of the molecule is C=CCNC(=O)Nc1nc(=S)ss1. The number of urea groups is 1. The summed E-state index contributed by atoms with van der Waals surface area (Å²) in [5.74, 6) is 0. The summed E-state index contributed by atoms with van der Waals surface area (Å²) in [7, 11) is 2.69. The normalized spacial score (nSPS) is 9.23. The van der Waals surface area contributed by atoms with Gasteiger partial charge in [0.15, 0.2) is 3.95 Å². The molecule has 1 aromatic heterocycles. The summed E-state index contributed by atoms with van der Waals surface area (Å²) in [6.07, 6.45) is 1.60. The lowest BCUT2D eigenvalue weighted by atomic mass is 10.6. The van der Waals surface area contributed by atoms with Crippen molar-refractivity contribution in [1.82, 2.24) is 10.3 Å². The first kappa shape index (κ1) is 10.3. The Bertz CT molecular complexity index is 356. The number of carbonyl (C=O) groups excluding carboxylic acids is 1. The highest BCUT2D eigenvalue weighted by Gasteiger charge is 2.02. The lowest BCUT2D eigenvalue weighted by Crippen LogP contribution is -2.28. The van der Waals surface area contributed by atoms with Gasteiger partial charge in [0.05, 0.1) is 0 Å². The molecule has 0 radical (unpaired) electrons. The molecule has 0 saturated heterocycles. The number of hydrogen-bond donors (Lipinski definition) is 2. The Balaban J connectivity index is 2.45. The highest BCUT2D eigenvalue weighted by molar-refractivity contribution is 7.79. The maximum atomic E-state index is 11.0. The molecule has 2 N–H and O–H groups in total. The van der Waals surface area contributed by atoms with Gasteiger partial charge >= 0.3 is 6.03 Å². The quantitative estimate of drug-likeness (QED) is 0.478. The number of nitrogens with zero attached hydrogens (tertiary/aromatic N) is 1. The van der Waals surface area contributed by atoms with Crippen LogP contribution in [0.1, 0.15) is 0 Å². The van der Waals surface area contributed by atoms with Crippen molar-refractivity contribution >= 4 is 44.1 Å². The molecule has 0 aromatic carbocycles. The summed E-state index contributed by atoms with van der Waals surface area (Å²) >= 11 is 4.80. The minimum Gasteiger partial charge on any atom is -0.334 e. The molecular weight excluding hydrogens is 226 g/mol. The van der Waals surface area contributed by atoms with Crippen LogP contribution in [-0.4, -0.2) is 17.6 Å². The van der Waals surface area contributed by atoms with Crippen LogP contribution in [-0.2, 0) is 0 Å². The average molecular weight is 233 g/mol. The van der Waals surface area contributed by atoms with Crippen LogP contribution >= 0.6 is 32.9 Å². The molecular formula is C6H7N3OS3. The summed E-state index contributed by atoms with van der Waals surface area (Å²) in [4.78, 5) is 15.0. The number of anilines is 1. The minimum absolute atomic E-state index is 0.295. The van der Waals surface area contributed by atoms with E-state index in [0.29, 0.717) is 15.6 Å². The average Bonchev–Trinajstić information content (AvgIpc) is 2.48. The van der Waals surface area contributed by atoms with Crippen LogP contribution in [0.25, 0.3) is 0 Å². The Hall–Kier alpha value is -0.790. The van der Waals surface area contributed by atoms with Gasteiger partial charge in [-0.05, 0) is 32.9 Å². The van der Waals surface area contributed by atoms with Crippen LogP contribution in [0.5, 0.6) is 0 Å². The first-order valence-electron chi connectivity index (χ1n) is 3.35. The van der Waals surface area contributed by atoms with Crippen LogP contribution in [0.2, 0.25) is 0 Å². The number of aromatic nitrogens is 1. The molecule has 7 heteroatoms. The Morgan fingerprint density at radius 1 is 1.69 bits per heavy atom. The van der Waals surface area contributed by atoms with E-state index in [1.54, 1.807) is 6.08 Å². The summed E-state index contributed by atoms with van der Waals surface area (Å²) in [5, 5.41) is 5.63. The fourth-order valence-corrected chi connectivity index (χ4v) is 2.40. The summed E-state index contributed by atoms with van der Waals surface area (Å²) < 4.78 is 0.532.